The van der Waals surface area contributed by atoms with Crippen LogP contribution < -0.4 is 5.56 Å². The van der Waals surface area contributed by atoms with Gasteiger partial charge in [-0.05, 0) is 18.2 Å². The third kappa shape index (κ3) is 2.55. The molecule has 0 saturated carbocycles. The maximum Gasteiger partial charge on any atom is 0.277 e. The number of aromatic amines is 1. The molecular weight excluding hydrogens is 371 g/mol. The van der Waals surface area contributed by atoms with Crippen LogP contribution >= 0.6 is 11.6 Å². The molecule has 0 amide bonds. The third-order valence-corrected chi connectivity index (χ3v) is 6.32. The molecule has 4 rings (SSSR count). The molecule has 0 fully saturated rings. The lowest BCUT2D eigenvalue weighted by atomic mass is 10.1. The molecule has 2 aromatic heterocycles. The molecule has 3 aromatic rings. The van der Waals surface area contributed by atoms with Crippen molar-refractivity contribution in [2.24, 2.45) is 0 Å². The lowest BCUT2D eigenvalue weighted by Gasteiger charge is -2.27. The van der Waals surface area contributed by atoms with Gasteiger partial charge in [0.25, 0.3) is 5.56 Å². The van der Waals surface area contributed by atoms with Crippen LogP contribution in [0.5, 0.6) is 0 Å². The second kappa shape index (κ2) is 5.65. The van der Waals surface area contributed by atoms with Crippen LogP contribution in [0.3, 0.4) is 0 Å². The number of nitrogens with zero attached hydrogens (tertiary/aromatic N) is 3. The zero-order chi connectivity index (χ0) is 17.8. The first kappa shape index (κ1) is 16.2. The quantitative estimate of drug-likeness (QED) is 0.728. The molecule has 0 saturated heterocycles. The molecule has 0 aliphatic carbocycles. The molecule has 1 aromatic carbocycles. The summed E-state index contributed by atoms with van der Waals surface area (Å²) in [6.45, 7) is 0.0812. The van der Waals surface area contributed by atoms with E-state index in [1.807, 2.05) is 0 Å². The van der Waals surface area contributed by atoms with Crippen LogP contribution in [-0.2, 0) is 23.0 Å². The van der Waals surface area contributed by atoms with Gasteiger partial charge in [0.2, 0.25) is 10.0 Å². The Kier molecular flexibility index (Phi) is 3.67. The third-order valence-electron chi connectivity index (χ3n) is 4.19. The number of aromatic nitrogens is 3. The number of fused-ring (bicyclic) bond motifs is 2. The van der Waals surface area contributed by atoms with Gasteiger partial charge in [-0.3, -0.25) is 9.89 Å². The van der Waals surface area contributed by atoms with Crippen LogP contribution in [0.4, 0.5) is 4.39 Å². The van der Waals surface area contributed by atoms with E-state index in [1.165, 1.54) is 8.82 Å². The van der Waals surface area contributed by atoms with Crippen LogP contribution in [0.15, 0.2) is 40.2 Å². The van der Waals surface area contributed by atoms with Crippen LogP contribution in [0.25, 0.3) is 5.65 Å². The summed E-state index contributed by atoms with van der Waals surface area (Å²) in [5.41, 5.74) is 1.07. The maximum atomic E-state index is 13.3. The number of hydrogen-bond acceptors (Lipinski definition) is 4. The maximum absolute atomic E-state index is 13.3. The van der Waals surface area contributed by atoms with E-state index < -0.39 is 15.8 Å². The van der Waals surface area contributed by atoms with Crippen LogP contribution in [0, 0.1) is 5.82 Å². The van der Waals surface area contributed by atoms with E-state index in [4.69, 9.17) is 11.6 Å². The fourth-order valence-corrected chi connectivity index (χ4v) is 4.57. The van der Waals surface area contributed by atoms with Gasteiger partial charge in [0.05, 0.1) is 21.2 Å². The predicted molar refractivity (Wildman–Crippen MR) is 88.5 cm³/mol. The Morgan fingerprint density at radius 2 is 2.08 bits per heavy atom. The first-order valence-corrected chi connectivity index (χ1v) is 9.23. The van der Waals surface area contributed by atoms with E-state index in [0.717, 1.165) is 18.2 Å². The number of rotatable bonds is 2. The van der Waals surface area contributed by atoms with Crippen molar-refractivity contribution < 1.29 is 12.8 Å². The van der Waals surface area contributed by atoms with Crippen molar-refractivity contribution in [3.05, 3.63) is 62.9 Å². The second-order valence-electron chi connectivity index (χ2n) is 5.66. The van der Waals surface area contributed by atoms with Gasteiger partial charge in [-0.15, -0.1) is 0 Å². The topological polar surface area (TPSA) is 87.5 Å². The Balaban J connectivity index is 1.76. The largest absolute Gasteiger partial charge is 0.297 e. The number of halogens is 2. The molecule has 0 unspecified atom stereocenters. The standard InChI is InChI=1S/C15H12ClFN4O3S/c16-11-7-9(1-2-12(11)17)25(23,24)20-6-4-13-10(8-20)15(22)21-14(19-13)3-5-18-21/h1-3,5,7,18H,4,6,8H2. The summed E-state index contributed by atoms with van der Waals surface area (Å²) >= 11 is 5.69. The van der Waals surface area contributed by atoms with Crippen LogP contribution in [-0.4, -0.2) is 33.9 Å². The van der Waals surface area contributed by atoms with Crippen molar-refractivity contribution in [1.82, 2.24) is 18.9 Å². The SMILES string of the molecule is O=c1c2c(nc3cc[nH]n13)CCN(S(=O)(=O)c1ccc(F)c(Cl)c1)C2. The van der Waals surface area contributed by atoms with E-state index in [2.05, 4.69) is 10.1 Å². The van der Waals surface area contributed by atoms with Crippen LogP contribution in [0.1, 0.15) is 11.3 Å². The van der Waals surface area contributed by atoms with Gasteiger partial charge in [0.15, 0.2) is 5.65 Å². The molecule has 130 valence electrons. The summed E-state index contributed by atoms with van der Waals surface area (Å²) in [6.07, 6.45) is 1.91. The van der Waals surface area contributed by atoms with Crippen molar-refractivity contribution in [3.8, 4) is 0 Å². The summed E-state index contributed by atoms with van der Waals surface area (Å²) in [5.74, 6) is -0.693. The lowest BCUT2D eigenvalue weighted by molar-refractivity contribution is 0.384. The summed E-state index contributed by atoms with van der Waals surface area (Å²) < 4.78 is 41.3. The minimum atomic E-state index is -3.90. The minimum Gasteiger partial charge on any atom is -0.297 e. The Morgan fingerprint density at radius 3 is 2.84 bits per heavy atom. The molecule has 0 atom stereocenters. The van der Waals surface area contributed by atoms with Gasteiger partial charge in [-0.25, -0.2) is 22.3 Å². The molecule has 0 radical (unpaired) electrons. The number of sulfonamides is 1. The fraction of sp³-hybridized carbons (Fsp3) is 0.200. The highest BCUT2D eigenvalue weighted by atomic mass is 35.5. The summed E-state index contributed by atoms with van der Waals surface area (Å²) in [4.78, 5) is 16.8. The first-order chi connectivity index (χ1) is 11.9. The molecule has 3 heterocycles. The van der Waals surface area contributed by atoms with E-state index in [-0.39, 0.29) is 28.6 Å². The summed E-state index contributed by atoms with van der Waals surface area (Å²) in [7, 11) is -3.90. The number of benzene rings is 1. The summed E-state index contributed by atoms with van der Waals surface area (Å²) in [6, 6.07) is 4.91. The minimum absolute atomic E-state index is 0.0968. The summed E-state index contributed by atoms with van der Waals surface area (Å²) in [5, 5.41) is 2.48. The lowest BCUT2D eigenvalue weighted by Crippen LogP contribution is -2.40. The monoisotopic (exact) mass is 382 g/mol. The molecule has 1 aliphatic rings. The molecule has 0 bridgehead atoms. The van der Waals surface area contributed by atoms with Gasteiger partial charge in [0, 0.05) is 31.8 Å². The molecule has 1 aliphatic heterocycles. The molecule has 25 heavy (non-hydrogen) atoms. The highest BCUT2D eigenvalue weighted by molar-refractivity contribution is 7.89. The van der Waals surface area contributed by atoms with Crippen molar-refractivity contribution in [3.63, 3.8) is 0 Å². The highest BCUT2D eigenvalue weighted by Gasteiger charge is 2.31. The van der Waals surface area contributed by atoms with Gasteiger partial charge in [0.1, 0.15) is 5.82 Å². The van der Waals surface area contributed by atoms with Crippen molar-refractivity contribution in [1.29, 1.82) is 0 Å². The van der Waals surface area contributed by atoms with Crippen molar-refractivity contribution in [2.75, 3.05) is 6.54 Å². The highest BCUT2D eigenvalue weighted by Crippen LogP contribution is 2.25. The van der Waals surface area contributed by atoms with Gasteiger partial charge in [-0.1, -0.05) is 11.6 Å². The predicted octanol–water partition coefficient (Wildman–Crippen LogP) is 1.56. The number of hydrogen-bond donors (Lipinski definition) is 1. The molecule has 7 nitrogen and oxygen atoms in total. The second-order valence-corrected chi connectivity index (χ2v) is 8.01. The van der Waals surface area contributed by atoms with Gasteiger partial charge >= 0.3 is 0 Å². The van der Waals surface area contributed by atoms with E-state index in [9.17, 15) is 17.6 Å². The molecule has 0 spiro atoms. The van der Waals surface area contributed by atoms with E-state index >= 15 is 0 Å². The molecular formula is C15H12ClFN4O3S. The normalized spacial score (nSPS) is 15.4. The average molecular weight is 383 g/mol. The zero-order valence-electron chi connectivity index (χ0n) is 12.7. The molecule has 1 N–H and O–H groups in total. The zero-order valence-corrected chi connectivity index (χ0v) is 14.3. The number of H-pyrrole nitrogens is 1. The van der Waals surface area contributed by atoms with E-state index in [0.29, 0.717) is 23.3 Å². The smallest absolute Gasteiger partial charge is 0.277 e. The Hall–Kier alpha value is -2.23. The van der Waals surface area contributed by atoms with Crippen molar-refractivity contribution in [2.45, 2.75) is 17.9 Å². The van der Waals surface area contributed by atoms with Gasteiger partial charge < -0.3 is 0 Å². The Bertz CT molecular complexity index is 1160. The Labute approximate surface area is 146 Å². The average Bonchev–Trinajstić information content (AvgIpc) is 3.06. The Morgan fingerprint density at radius 1 is 1.28 bits per heavy atom. The fourth-order valence-electron chi connectivity index (χ4n) is 2.88. The first-order valence-electron chi connectivity index (χ1n) is 7.41. The number of nitrogens with one attached hydrogen (secondary N) is 1. The van der Waals surface area contributed by atoms with Gasteiger partial charge in [-0.2, -0.15) is 4.31 Å². The van der Waals surface area contributed by atoms with Crippen LogP contribution in [0.2, 0.25) is 5.02 Å². The van der Waals surface area contributed by atoms with Crippen molar-refractivity contribution >= 4 is 27.3 Å². The van der Waals surface area contributed by atoms with E-state index in [1.54, 1.807) is 12.3 Å². The molecule has 10 heteroatoms.